The highest BCUT2D eigenvalue weighted by Crippen LogP contribution is 2.32. The number of nitrogens with one attached hydrogen (secondary N) is 2. The molecule has 2 unspecified atom stereocenters. The van der Waals surface area contributed by atoms with Gasteiger partial charge in [-0.1, -0.05) is 51.0 Å². The lowest BCUT2D eigenvalue weighted by atomic mass is 9.87. The molecule has 4 nitrogen and oxygen atoms in total. The molecule has 0 aliphatic carbocycles. The van der Waals surface area contributed by atoms with E-state index in [2.05, 4.69) is 42.5 Å². The van der Waals surface area contributed by atoms with E-state index >= 15 is 0 Å². The molecule has 5 heteroatoms. The fraction of sp³-hybridized carbons (Fsp3) is 0.476. The Bertz CT molecular complexity index is 686. The molecule has 1 saturated heterocycles. The molecule has 2 N–H and O–H groups in total. The van der Waals surface area contributed by atoms with Crippen LogP contribution in [0.1, 0.15) is 39.2 Å². The van der Waals surface area contributed by atoms with Crippen LogP contribution in [0.15, 0.2) is 37.1 Å². The van der Waals surface area contributed by atoms with Crippen molar-refractivity contribution >= 4 is 30.6 Å². The summed E-state index contributed by atoms with van der Waals surface area (Å²) in [6, 6.07) is 5.76. The maximum Gasteiger partial charge on any atom is 0.217 e. The van der Waals surface area contributed by atoms with Crippen LogP contribution in [0.3, 0.4) is 0 Å². The van der Waals surface area contributed by atoms with E-state index in [1.54, 1.807) is 0 Å². The van der Waals surface area contributed by atoms with Gasteiger partial charge in [0.25, 0.3) is 0 Å². The van der Waals surface area contributed by atoms with Crippen molar-refractivity contribution in [1.29, 1.82) is 0 Å². The number of carbonyl (C=O) groups is 1. The highest BCUT2D eigenvalue weighted by atomic mass is 16.1. The minimum atomic E-state index is -0.0807. The normalized spacial score (nSPS) is 19.7. The van der Waals surface area contributed by atoms with Crippen LogP contribution < -0.4 is 16.1 Å². The lowest BCUT2D eigenvalue weighted by Crippen LogP contribution is -2.38. The van der Waals surface area contributed by atoms with Crippen LogP contribution in [0.4, 0.5) is 5.69 Å². The van der Waals surface area contributed by atoms with Crippen molar-refractivity contribution in [1.82, 2.24) is 10.2 Å². The van der Waals surface area contributed by atoms with Crippen LogP contribution in [-0.4, -0.2) is 38.3 Å². The van der Waals surface area contributed by atoms with Gasteiger partial charge in [-0.2, -0.15) is 0 Å². The zero-order valence-electron chi connectivity index (χ0n) is 16.3. The highest BCUT2D eigenvalue weighted by Gasteiger charge is 2.25. The van der Waals surface area contributed by atoms with E-state index in [4.69, 9.17) is 7.85 Å². The van der Waals surface area contributed by atoms with Gasteiger partial charge in [-0.3, -0.25) is 4.79 Å². The number of anilines is 1. The van der Waals surface area contributed by atoms with E-state index in [1.165, 1.54) is 19.8 Å². The van der Waals surface area contributed by atoms with Gasteiger partial charge in [-0.15, -0.1) is 0 Å². The molecular weight excluding hydrogens is 321 g/mol. The first-order valence-corrected chi connectivity index (χ1v) is 9.33. The predicted molar refractivity (Wildman–Crippen MR) is 111 cm³/mol. The molecule has 2 atom stereocenters. The topological polar surface area (TPSA) is 44.4 Å². The van der Waals surface area contributed by atoms with Crippen LogP contribution in [0.5, 0.6) is 0 Å². The highest BCUT2D eigenvalue weighted by molar-refractivity contribution is 6.32. The molecule has 0 aromatic heterocycles. The van der Waals surface area contributed by atoms with Crippen molar-refractivity contribution in [2.45, 2.75) is 33.6 Å². The van der Waals surface area contributed by atoms with Crippen molar-refractivity contribution in [2.75, 3.05) is 25.0 Å². The summed E-state index contributed by atoms with van der Waals surface area (Å²) in [6.45, 7) is 16.8. The van der Waals surface area contributed by atoms with Crippen LogP contribution >= 0.6 is 0 Å². The maximum atomic E-state index is 11.1. The van der Waals surface area contributed by atoms with E-state index in [0.717, 1.165) is 35.7 Å². The van der Waals surface area contributed by atoms with Gasteiger partial charge < -0.3 is 15.5 Å². The number of nitrogens with zero attached hydrogens (tertiary/aromatic N) is 1. The second-order valence-corrected chi connectivity index (χ2v) is 7.41. The summed E-state index contributed by atoms with van der Waals surface area (Å²) in [7, 11) is 6.04. The summed E-state index contributed by atoms with van der Waals surface area (Å²) in [5, 5.41) is 6.05. The van der Waals surface area contributed by atoms with Gasteiger partial charge in [0.05, 0.1) is 6.54 Å². The van der Waals surface area contributed by atoms with Gasteiger partial charge in [0.2, 0.25) is 5.91 Å². The first-order chi connectivity index (χ1) is 12.3. The van der Waals surface area contributed by atoms with E-state index in [-0.39, 0.29) is 5.91 Å². The Labute approximate surface area is 159 Å². The molecule has 0 bridgehead atoms. The summed E-state index contributed by atoms with van der Waals surface area (Å²) >= 11 is 0. The van der Waals surface area contributed by atoms with Crippen molar-refractivity contribution < 1.29 is 4.79 Å². The van der Waals surface area contributed by atoms with Crippen molar-refractivity contribution in [3.63, 3.8) is 0 Å². The summed E-state index contributed by atoms with van der Waals surface area (Å²) in [5.41, 5.74) is 4.30. The van der Waals surface area contributed by atoms with Crippen molar-refractivity contribution in [3.8, 4) is 0 Å². The Morgan fingerprint density at radius 3 is 2.73 bits per heavy atom. The zero-order valence-corrected chi connectivity index (χ0v) is 16.3. The molecule has 1 aliphatic rings. The number of rotatable bonds is 7. The van der Waals surface area contributed by atoms with Crippen LogP contribution in [0, 0.1) is 11.8 Å². The zero-order chi connectivity index (χ0) is 19.3. The summed E-state index contributed by atoms with van der Waals surface area (Å²) in [6.07, 6.45) is 2.46. The molecule has 26 heavy (non-hydrogen) atoms. The van der Waals surface area contributed by atoms with Gasteiger partial charge in [-0.05, 0) is 24.3 Å². The fourth-order valence-corrected chi connectivity index (χ4v) is 3.54. The Morgan fingerprint density at radius 2 is 2.08 bits per heavy atom. The Kier molecular flexibility index (Phi) is 6.95. The number of amides is 1. The molecule has 1 fully saturated rings. The summed E-state index contributed by atoms with van der Waals surface area (Å²) in [5.74, 6) is 1.27. The summed E-state index contributed by atoms with van der Waals surface area (Å²) in [4.78, 5) is 13.5. The van der Waals surface area contributed by atoms with Gasteiger partial charge in [0.1, 0.15) is 7.85 Å². The van der Waals surface area contributed by atoms with E-state index in [0.29, 0.717) is 23.8 Å². The molecule has 2 rings (SSSR count). The SMILES string of the molecule is [B]c1ccc(NC(=C)CNC(C)=O)c(C(=C)N2CC(C)CC(CC)C2)c1. The largest absolute Gasteiger partial charge is 0.371 e. The molecule has 0 saturated carbocycles. The van der Waals surface area contributed by atoms with Gasteiger partial charge in [0.15, 0.2) is 0 Å². The number of piperidine rings is 1. The van der Waals surface area contributed by atoms with Crippen molar-refractivity contribution in [3.05, 3.63) is 42.6 Å². The molecule has 1 aromatic carbocycles. The quantitative estimate of drug-likeness (QED) is 0.743. The third-order valence-corrected chi connectivity index (χ3v) is 4.92. The predicted octanol–water partition coefficient (Wildman–Crippen LogP) is 2.88. The van der Waals surface area contributed by atoms with Crippen LogP contribution in [0.2, 0.25) is 0 Å². The monoisotopic (exact) mass is 351 g/mol. The van der Waals surface area contributed by atoms with Crippen LogP contribution in [0.25, 0.3) is 5.70 Å². The third-order valence-electron chi connectivity index (χ3n) is 4.92. The van der Waals surface area contributed by atoms with E-state index in [1.807, 2.05) is 18.2 Å². The first kappa shape index (κ1) is 20.2. The van der Waals surface area contributed by atoms with Gasteiger partial charge in [-0.25, -0.2) is 0 Å². The number of carbonyl (C=O) groups excluding carboxylic acids is 1. The van der Waals surface area contributed by atoms with Gasteiger partial charge >= 0.3 is 0 Å². The number of hydrogen-bond donors (Lipinski definition) is 2. The standard InChI is InChI=1S/C21H30BN3O/c1-6-18-9-14(2)12-25(13-18)16(4)20-10-19(22)7-8-21(20)24-15(3)11-23-17(5)26/h7-8,10,14,18,24H,3-4,6,9,11-13H2,1-2,5H3,(H,23,26). The number of likely N-dealkylation sites (tertiary alicyclic amines) is 1. The Morgan fingerprint density at radius 1 is 1.35 bits per heavy atom. The smallest absolute Gasteiger partial charge is 0.217 e. The van der Waals surface area contributed by atoms with Gasteiger partial charge in [0, 0.05) is 42.7 Å². The van der Waals surface area contributed by atoms with Crippen molar-refractivity contribution in [2.24, 2.45) is 11.8 Å². The molecule has 1 aliphatic heterocycles. The summed E-state index contributed by atoms with van der Waals surface area (Å²) < 4.78 is 0. The second kappa shape index (κ2) is 8.97. The second-order valence-electron chi connectivity index (χ2n) is 7.41. The lowest BCUT2D eigenvalue weighted by Gasteiger charge is -2.39. The molecule has 0 spiro atoms. The molecule has 2 radical (unpaired) electrons. The maximum absolute atomic E-state index is 11.1. The Hall–Kier alpha value is -2.17. The third kappa shape index (κ3) is 5.42. The molecule has 1 amide bonds. The number of hydrogen-bond acceptors (Lipinski definition) is 3. The Balaban J connectivity index is 2.19. The van der Waals surface area contributed by atoms with E-state index < -0.39 is 0 Å². The molecule has 138 valence electrons. The average Bonchev–Trinajstić information content (AvgIpc) is 2.60. The minimum Gasteiger partial charge on any atom is -0.371 e. The lowest BCUT2D eigenvalue weighted by molar-refractivity contribution is -0.118. The molecular formula is C21H30BN3O. The first-order valence-electron chi connectivity index (χ1n) is 9.33. The van der Waals surface area contributed by atoms with Crippen LogP contribution in [-0.2, 0) is 4.79 Å². The number of benzene rings is 1. The molecule has 1 aromatic rings. The fourth-order valence-electron chi connectivity index (χ4n) is 3.54. The average molecular weight is 351 g/mol. The minimum absolute atomic E-state index is 0.0807. The molecule has 1 heterocycles. The van der Waals surface area contributed by atoms with E-state index in [9.17, 15) is 4.79 Å².